The number of benzene rings is 1. The van der Waals surface area contributed by atoms with Crippen LogP contribution in [0.25, 0.3) is 0 Å². The van der Waals surface area contributed by atoms with Gasteiger partial charge in [0, 0.05) is 18.5 Å². The lowest BCUT2D eigenvalue weighted by Gasteiger charge is -2.22. The maximum absolute atomic E-state index is 12.2. The van der Waals surface area contributed by atoms with Crippen molar-refractivity contribution >= 4 is 17.4 Å². The van der Waals surface area contributed by atoms with Gasteiger partial charge in [-0.2, -0.15) is 0 Å². The van der Waals surface area contributed by atoms with Crippen molar-refractivity contribution in [2.75, 3.05) is 18.1 Å². The van der Waals surface area contributed by atoms with E-state index in [0.29, 0.717) is 30.6 Å². The lowest BCUT2D eigenvalue weighted by Crippen LogP contribution is -2.35. The Morgan fingerprint density at radius 3 is 2.84 bits per heavy atom. The summed E-state index contributed by atoms with van der Waals surface area (Å²) in [6, 6.07) is 7.29. The quantitative estimate of drug-likeness (QED) is 0.839. The van der Waals surface area contributed by atoms with E-state index in [-0.39, 0.29) is 24.4 Å². The molecule has 0 N–H and O–H groups in total. The van der Waals surface area contributed by atoms with Gasteiger partial charge in [0.2, 0.25) is 0 Å². The van der Waals surface area contributed by atoms with Gasteiger partial charge >= 0.3 is 0 Å². The molecule has 0 saturated heterocycles. The molecule has 1 aromatic rings. The molecular formula is C15H19NO3. The van der Waals surface area contributed by atoms with E-state index in [2.05, 4.69) is 0 Å². The zero-order chi connectivity index (χ0) is 13.8. The number of hydrogen-bond acceptors (Lipinski definition) is 3. The van der Waals surface area contributed by atoms with Gasteiger partial charge in [0.15, 0.2) is 5.78 Å². The molecule has 4 heteroatoms. The molecule has 0 aromatic heterocycles. The summed E-state index contributed by atoms with van der Waals surface area (Å²) in [5.74, 6) is 0.0199. The number of Topliss-reactive ketones (excluding diaryl/α,β-unsaturated/α-hetero) is 1. The number of anilines is 1. The third-order valence-electron chi connectivity index (χ3n) is 3.12. The van der Waals surface area contributed by atoms with E-state index in [4.69, 9.17) is 4.74 Å². The zero-order valence-corrected chi connectivity index (χ0v) is 11.4. The van der Waals surface area contributed by atoms with E-state index in [1.54, 1.807) is 11.0 Å². The maximum Gasteiger partial charge on any atom is 0.253 e. The van der Waals surface area contributed by atoms with Gasteiger partial charge < -0.3 is 9.64 Å². The van der Waals surface area contributed by atoms with E-state index in [0.717, 1.165) is 0 Å². The summed E-state index contributed by atoms with van der Waals surface area (Å²) in [6.07, 6.45) is 1.21. The molecule has 1 aliphatic rings. The SMILES string of the molecule is CC(C)OCC(=O)N1CCCC(=O)c2ccccc21. The van der Waals surface area contributed by atoms with Crippen LogP contribution in [-0.2, 0) is 9.53 Å². The molecule has 1 amide bonds. The van der Waals surface area contributed by atoms with Crippen LogP contribution in [0.15, 0.2) is 24.3 Å². The molecule has 0 unspecified atom stereocenters. The highest BCUT2D eigenvalue weighted by Gasteiger charge is 2.24. The summed E-state index contributed by atoms with van der Waals surface area (Å²) in [4.78, 5) is 25.9. The lowest BCUT2D eigenvalue weighted by atomic mass is 10.1. The number of amides is 1. The van der Waals surface area contributed by atoms with Crippen LogP contribution in [0, 0.1) is 0 Å². The van der Waals surface area contributed by atoms with Crippen molar-refractivity contribution in [2.45, 2.75) is 32.8 Å². The molecule has 4 nitrogen and oxygen atoms in total. The molecular weight excluding hydrogens is 242 g/mol. The van der Waals surface area contributed by atoms with Crippen molar-refractivity contribution in [2.24, 2.45) is 0 Å². The topological polar surface area (TPSA) is 46.6 Å². The Bertz CT molecular complexity index is 482. The molecule has 102 valence electrons. The molecule has 0 aliphatic carbocycles. The lowest BCUT2D eigenvalue weighted by molar-refractivity contribution is -0.124. The molecule has 1 aliphatic heterocycles. The van der Waals surface area contributed by atoms with Crippen molar-refractivity contribution in [3.05, 3.63) is 29.8 Å². The molecule has 0 atom stereocenters. The third-order valence-corrected chi connectivity index (χ3v) is 3.12. The van der Waals surface area contributed by atoms with Gasteiger partial charge in [0.05, 0.1) is 11.8 Å². The molecule has 0 fully saturated rings. The van der Waals surface area contributed by atoms with Crippen LogP contribution in [0.3, 0.4) is 0 Å². The van der Waals surface area contributed by atoms with Crippen LogP contribution in [-0.4, -0.2) is 30.9 Å². The second-order valence-corrected chi connectivity index (χ2v) is 4.95. The minimum Gasteiger partial charge on any atom is -0.369 e. The van der Waals surface area contributed by atoms with Crippen LogP contribution in [0.2, 0.25) is 0 Å². The minimum atomic E-state index is -0.0872. The summed E-state index contributed by atoms with van der Waals surface area (Å²) in [5, 5.41) is 0. The highest BCUT2D eigenvalue weighted by molar-refractivity contribution is 6.06. The number of carbonyl (C=O) groups is 2. The van der Waals surface area contributed by atoms with Crippen LogP contribution in [0.5, 0.6) is 0 Å². The van der Waals surface area contributed by atoms with Crippen LogP contribution < -0.4 is 4.90 Å². The van der Waals surface area contributed by atoms with Gasteiger partial charge in [-0.05, 0) is 32.4 Å². The Balaban J connectivity index is 2.23. The average molecular weight is 261 g/mol. The van der Waals surface area contributed by atoms with Crippen molar-refractivity contribution in [1.82, 2.24) is 0 Å². The number of hydrogen-bond donors (Lipinski definition) is 0. The minimum absolute atomic E-state index is 0.0211. The molecule has 0 spiro atoms. The molecule has 1 aromatic carbocycles. The van der Waals surface area contributed by atoms with Crippen molar-refractivity contribution < 1.29 is 14.3 Å². The van der Waals surface area contributed by atoms with E-state index in [1.165, 1.54) is 0 Å². The highest BCUT2D eigenvalue weighted by atomic mass is 16.5. The number of ketones is 1. The fraction of sp³-hybridized carbons (Fsp3) is 0.467. The maximum atomic E-state index is 12.2. The van der Waals surface area contributed by atoms with Gasteiger partial charge in [-0.3, -0.25) is 9.59 Å². The first-order chi connectivity index (χ1) is 9.09. The van der Waals surface area contributed by atoms with Gasteiger partial charge in [-0.1, -0.05) is 12.1 Å². The predicted molar refractivity (Wildman–Crippen MR) is 73.4 cm³/mol. The first kappa shape index (κ1) is 13.7. The van der Waals surface area contributed by atoms with Gasteiger partial charge in [-0.15, -0.1) is 0 Å². The standard InChI is InChI=1S/C15H19NO3/c1-11(2)19-10-15(18)16-9-5-8-14(17)12-6-3-4-7-13(12)16/h3-4,6-7,11H,5,8-10H2,1-2H3. The monoisotopic (exact) mass is 261 g/mol. The second-order valence-electron chi connectivity index (χ2n) is 4.95. The molecule has 0 saturated carbocycles. The molecule has 19 heavy (non-hydrogen) atoms. The Morgan fingerprint density at radius 2 is 2.11 bits per heavy atom. The summed E-state index contributed by atoms with van der Waals surface area (Å²) in [7, 11) is 0. The number of carbonyl (C=O) groups excluding carboxylic acids is 2. The molecule has 0 radical (unpaired) electrons. The van der Waals surface area contributed by atoms with Gasteiger partial charge in [0.25, 0.3) is 5.91 Å². The molecule has 0 bridgehead atoms. The number of para-hydroxylation sites is 1. The van der Waals surface area contributed by atoms with E-state index in [1.807, 2.05) is 32.0 Å². The van der Waals surface area contributed by atoms with E-state index < -0.39 is 0 Å². The Hall–Kier alpha value is -1.68. The number of fused-ring (bicyclic) bond motifs is 1. The van der Waals surface area contributed by atoms with Crippen LogP contribution >= 0.6 is 0 Å². The largest absolute Gasteiger partial charge is 0.369 e. The highest BCUT2D eigenvalue weighted by Crippen LogP contribution is 2.26. The first-order valence-electron chi connectivity index (χ1n) is 6.64. The van der Waals surface area contributed by atoms with E-state index in [9.17, 15) is 9.59 Å². The Morgan fingerprint density at radius 1 is 1.37 bits per heavy atom. The molecule has 1 heterocycles. The van der Waals surface area contributed by atoms with Crippen LogP contribution in [0.1, 0.15) is 37.0 Å². The van der Waals surface area contributed by atoms with Gasteiger partial charge in [0.1, 0.15) is 6.61 Å². The summed E-state index contributed by atoms with van der Waals surface area (Å²) < 4.78 is 5.36. The Kier molecular flexibility index (Phi) is 4.32. The number of ether oxygens (including phenoxy) is 1. The van der Waals surface area contributed by atoms with Crippen LogP contribution in [0.4, 0.5) is 5.69 Å². The smallest absolute Gasteiger partial charge is 0.253 e. The van der Waals surface area contributed by atoms with Crippen molar-refractivity contribution in [1.29, 1.82) is 0 Å². The van der Waals surface area contributed by atoms with Crippen molar-refractivity contribution in [3.63, 3.8) is 0 Å². The number of nitrogens with zero attached hydrogens (tertiary/aromatic N) is 1. The fourth-order valence-corrected chi connectivity index (χ4v) is 2.17. The summed E-state index contributed by atoms with van der Waals surface area (Å²) >= 11 is 0. The molecule has 2 rings (SSSR count). The Labute approximate surface area is 113 Å². The predicted octanol–water partition coefficient (Wildman–Crippen LogP) is 2.42. The normalized spacial score (nSPS) is 15.3. The second kappa shape index (κ2) is 5.97. The summed E-state index contributed by atoms with van der Waals surface area (Å²) in [6.45, 7) is 4.42. The van der Waals surface area contributed by atoms with Gasteiger partial charge in [-0.25, -0.2) is 0 Å². The average Bonchev–Trinajstić information content (AvgIpc) is 2.56. The van der Waals surface area contributed by atoms with Crippen molar-refractivity contribution in [3.8, 4) is 0 Å². The third kappa shape index (κ3) is 3.20. The number of rotatable bonds is 3. The summed E-state index contributed by atoms with van der Waals surface area (Å²) in [5.41, 5.74) is 1.35. The first-order valence-corrected chi connectivity index (χ1v) is 6.64. The van der Waals surface area contributed by atoms with E-state index >= 15 is 0 Å². The fourth-order valence-electron chi connectivity index (χ4n) is 2.17. The zero-order valence-electron chi connectivity index (χ0n) is 11.4.